The van der Waals surface area contributed by atoms with Crippen LogP contribution in [0.1, 0.15) is 32.4 Å². The lowest BCUT2D eigenvalue weighted by Gasteiger charge is -2.31. The van der Waals surface area contributed by atoms with Gasteiger partial charge in [0.25, 0.3) is 5.91 Å². The zero-order valence-electron chi connectivity index (χ0n) is 15.4. The lowest BCUT2D eigenvalue weighted by atomic mass is 9.95. The van der Waals surface area contributed by atoms with Crippen LogP contribution in [0.5, 0.6) is 5.75 Å². The van der Waals surface area contributed by atoms with Gasteiger partial charge in [-0.25, -0.2) is 4.79 Å². The highest BCUT2D eigenvalue weighted by atomic mass is 16.5. The van der Waals surface area contributed by atoms with E-state index in [1.54, 1.807) is 19.1 Å². The number of hydrogen-bond acceptors (Lipinski definition) is 3. The van der Waals surface area contributed by atoms with Crippen molar-refractivity contribution in [3.8, 4) is 5.75 Å². The van der Waals surface area contributed by atoms with Crippen LogP contribution in [-0.2, 0) is 4.79 Å². The highest BCUT2D eigenvalue weighted by Gasteiger charge is 2.44. The Kier molecular flexibility index (Phi) is 4.45. The molecular weight excluding hydrogens is 318 g/mol. The summed E-state index contributed by atoms with van der Waals surface area (Å²) in [6, 6.07) is 6.94. The first-order chi connectivity index (χ1) is 11.8. The molecule has 0 saturated carbocycles. The number of carbonyl (C=O) groups is 2. The second-order valence-electron chi connectivity index (χ2n) is 7.00. The van der Waals surface area contributed by atoms with Gasteiger partial charge < -0.3 is 15.0 Å². The van der Waals surface area contributed by atoms with E-state index in [2.05, 4.69) is 26.1 Å². The number of likely N-dealkylation sites (N-methyl/N-ethyl adjacent to an activating group) is 1. The molecule has 6 nitrogen and oxygen atoms in total. The van der Waals surface area contributed by atoms with Gasteiger partial charge in [-0.1, -0.05) is 26.0 Å². The normalized spacial score (nSPS) is 21.6. The fraction of sp³-hybridized carbons (Fsp3) is 0.474. The van der Waals surface area contributed by atoms with Gasteiger partial charge in [0, 0.05) is 13.1 Å². The summed E-state index contributed by atoms with van der Waals surface area (Å²) in [4.78, 5) is 29.0. The summed E-state index contributed by atoms with van der Waals surface area (Å²) in [7, 11) is 3.31. The maximum Gasteiger partial charge on any atom is 0.322 e. The molecule has 25 heavy (non-hydrogen) atoms. The quantitative estimate of drug-likeness (QED) is 0.914. The molecule has 2 aliphatic rings. The SMILES string of the molecule is COc1cccc([C@@H]2NC(=O)N(C)C3=C2C(=O)N([C@@H](C)C(C)C)C3)c1. The molecule has 1 N–H and O–H groups in total. The summed E-state index contributed by atoms with van der Waals surface area (Å²) < 4.78 is 5.29. The van der Waals surface area contributed by atoms with Gasteiger partial charge >= 0.3 is 6.03 Å². The van der Waals surface area contributed by atoms with E-state index in [1.807, 2.05) is 29.2 Å². The van der Waals surface area contributed by atoms with Crippen LogP contribution in [0, 0.1) is 5.92 Å². The second kappa shape index (κ2) is 6.43. The number of urea groups is 1. The Bertz CT molecular complexity index is 741. The van der Waals surface area contributed by atoms with Gasteiger partial charge in [-0.05, 0) is 30.5 Å². The molecule has 1 aromatic rings. The van der Waals surface area contributed by atoms with Gasteiger partial charge in [-0.2, -0.15) is 0 Å². The predicted molar refractivity (Wildman–Crippen MR) is 95.1 cm³/mol. The first-order valence-corrected chi connectivity index (χ1v) is 8.57. The minimum atomic E-state index is -0.453. The van der Waals surface area contributed by atoms with E-state index in [0.29, 0.717) is 23.8 Å². The fourth-order valence-electron chi connectivity index (χ4n) is 3.35. The Morgan fingerprint density at radius 3 is 2.60 bits per heavy atom. The zero-order chi connectivity index (χ0) is 18.3. The smallest absolute Gasteiger partial charge is 0.322 e. The Hall–Kier alpha value is -2.50. The molecule has 0 radical (unpaired) electrons. The third kappa shape index (κ3) is 2.86. The Balaban J connectivity index is 2.03. The Morgan fingerprint density at radius 2 is 1.96 bits per heavy atom. The van der Waals surface area contributed by atoms with Crippen molar-refractivity contribution in [3.63, 3.8) is 0 Å². The molecule has 134 valence electrons. The van der Waals surface area contributed by atoms with Crippen LogP contribution in [-0.4, -0.2) is 48.5 Å². The summed E-state index contributed by atoms with van der Waals surface area (Å²) in [6.45, 7) is 6.72. The first kappa shape index (κ1) is 17.3. The number of rotatable bonds is 4. The Labute approximate surface area is 148 Å². The molecule has 0 spiro atoms. The minimum Gasteiger partial charge on any atom is -0.497 e. The molecule has 2 atom stereocenters. The van der Waals surface area contributed by atoms with Gasteiger partial charge in [0.15, 0.2) is 0 Å². The molecule has 0 aromatic heterocycles. The topological polar surface area (TPSA) is 61.9 Å². The van der Waals surface area contributed by atoms with Crippen molar-refractivity contribution < 1.29 is 14.3 Å². The maximum absolute atomic E-state index is 13.1. The van der Waals surface area contributed by atoms with Crippen molar-refractivity contribution in [1.82, 2.24) is 15.1 Å². The van der Waals surface area contributed by atoms with E-state index in [-0.39, 0.29) is 18.0 Å². The molecule has 0 fully saturated rings. The molecule has 3 rings (SSSR count). The van der Waals surface area contributed by atoms with Crippen molar-refractivity contribution in [2.24, 2.45) is 5.92 Å². The summed E-state index contributed by atoms with van der Waals surface area (Å²) in [5, 5.41) is 2.95. The van der Waals surface area contributed by atoms with E-state index < -0.39 is 6.04 Å². The highest BCUT2D eigenvalue weighted by molar-refractivity contribution is 6.01. The largest absolute Gasteiger partial charge is 0.497 e. The van der Waals surface area contributed by atoms with Crippen molar-refractivity contribution in [2.75, 3.05) is 20.7 Å². The number of carbonyl (C=O) groups excluding carboxylic acids is 2. The minimum absolute atomic E-state index is 0.00382. The molecule has 2 aliphatic heterocycles. The summed E-state index contributed by atoms with van der Waals surface area (Å²) >= 11 is 0. The van der Waals surface area contributed by atoms with Crippen molar-refractivity contribution >= 4 is 11.9 Å². The van der Waals surface area contributed by atoms with Gasteiger partial charge in [0.2, 0.25) is 0 Å². The number of hydrogen-bond donors (Lipinski definition) is 1. The fourth-order valence-corrected chi connectivity index (χ4v) is 3.35. The lowest BCUT2D eigenvalue weighted by molar-refractivity contribution is -0.128. The van der Waals surface area contributed by atoms with Crippen LogP contribution in [0.25, 0.3) is 0 Å². The van der Waals surface area contributed by atoms with Crippen LogP contribution in [0.2, 0.25) is 0 Å². The van der Waals surface area contributed by atoms with Gasteiger partial charge in [-0.3, -0.25) is 9.69 Å². The summed E-state index contributed by atoms with van der Waals surface area (Å²) in [5.41, 5.74) is 2.29. The molecule has 0 bridgehead atoms. The molecule has 0 aliphatic carbocycles. The van der Waals surface area contributed by atoms with Crippen LogP contribution in [0.15, 0.2) is 35.5 Å². The monoisotopic (exact) mass is 343 g/mol. The van der Waals surface area contributed by atoms with Crippen molar-refractivity contribution in [1.29, 1.82) is 0 Å². The van der Waals surface area contributed by atoms with E-state index >= 15 is 0 Å². The average Bonchev–Trinajstić information content (AvgIpc) is 2.95. The van der Waals surface area contributed by atoms with Gasteiger partial charge in [-0.15, -0.1) is 0 Å². The maximum atomic E-state index is 13.1. The molecule has 6 heteroatoms. The van der Waals surface area contributed by atoms with Crippen LogP contribution in [0.3, 0.4) is 0 Å². The van der Waals surface area contributed by atoms with E-state index in [4.69, 9.17) is 4.74 Å². The Morgan fingerprint density at radius 1 is 1.24 bits per heavy atom. The van der Waals surface area contributed by atoms with Crippen molar-refractivity contribution in [2.45, 2.75) is 32.9 Å². The van der Waals surface area contributed by atoms with Gasteiger partial charge in [0.05, 0.1) is 31.0 Å². The number of nitrogens with zero attached hydrogens (tertiary/aromatic N) is 2. The van der Waals surface area contributed by atoms with E-state index in [9.17, 15) is 9.59 Å². The predicted octanol–water partition coefficient (Wildman–Crippen LogP) is 2.53. The zero-order valence-corrected chi connectivity index (χ0v) is 15.4. The number of nitrogens with one attached hydrogen (secondary N) is 1. The van der Waals surface area contributed by atoms with Crippen LogP contribution < -0.4 is 10.1 Å². The van der Waals surface area contributed by atoms with Crippen LogP contribution >= 0.6 is 0 Å². The standard InChI is InChI=1S/C19H25N3O3/c1-11(2)12(3)22-10-15-16(18(22)23)17(20-19(24)21(15)4)13-7-6-8-14(9-13)25-5/h6-9,11-12,17H,10H2,1-5H3,(H,20,24)/t12-,17-/m0/s1. The number of methoxy groups -OCH3 is 1. The molecule has 2 heterocycles. The second-order valence-corrected chi connectivity index (χ2v) is 7.00. The van der Waals surface area contributed by atoms with Crippen LogP contribution in [0.4, 0.5) is 4.79 Å². The third-order valence-corrected chi connectivity index (χ3v) is 5.27. The number of amides is 3. The van der Waals surface area contributed by atoms with E-state index in [1.165, 1.54) is 0 Å². The third-order valence-electron chi connectivity index (χ3n) is 5.27. The first-order valence-electron chi connectivity index (χ1n) is 8.57. The number of benzene rings is 1. The number of ether oxygens (including phenoxy) is 1. The summed E-state index contributed by atoms with van der Waals surface area (Å²) in [6.07, 6.45) is 0. The highest BCUT2D eigenvalue weighted by Crippen LogP contribution is 2.37. The summed E-state index contributed by atoms with van der Waals surface area (Å²) in [5.74, 6) is 1.04. The van der Waals surface area contributed by atoms with E-state index in [0.717, 1.165) is 11.3 Å². The average molecular weight is 343 g/mol. The molecule has 3 amide bonds. The molecule has 0 saturated heterocycles. The molecular formula is C19H25N3O3. The van der Waals surface area contributed by atoms with Crippen molar-refractivity contribution in [3.05, 3.63) is 41.1 Å². The molecule has 0 unspecified atom stereocenters. The molecule has 1 aromatic carbocycles. The van der Waals surface area contributed by atoms with Gasteiger partial charge in [0.1, 0.15) is 5.75 Å². The lowest BCUT2D eigenvalue weighted by Crippen LogP contribution is -2.45.